The van der Waals surface area contributed by atoms with Gasteiger partial charge < -0.3 is 14.9 Å². The second-order valence-electron chi connectivity index (χ2n) is 8.96. The van der Waals surface area contributed by atoms with E-state index in [9.17, 15) is 23.1 Å². The summed E-state index contributed by atoms with van der Waals surface area (Å²) in [5.74, 6) is 0.0479. The highest BCUT2D eigenvalue weighted by Crippen LogP contribution is 2.32. The van der Waals surface area contributed by atoms with Crippen LogP contribution in [0, 0.1) is 13.8 Å². The number of hydrogen-bond acceptors (Lipinski definition) is 5. The van der Waals surface area contributed by atoms with Gasteiger partial charge in [0.2, 0.25) is 0 Å². The van der Waals surface area contributed by atoms with Crippen LogP contribution in [-0.4, -0.2) is 69.1 Å². The van der Waals surface area contributed by atoms with Crippen LogP contribution in [0.1, 0.15) is 53.0 Å². The molecule has 1 amide bonds. The van der Waals surface area contributed by atoms with Crippen LogP contribution < -0.4 is 0 Å². The molecular formula is C24H29F3N4O2. The van der Waals surface area contributed by atoms with Crippen molar-refractivity contribution in [1.82, 2.24) is 19.8 Å². The summed E-state index contributed by atoms with van der Waals surface area (Å²) in [4.78, 5) is 26.2. The minimum atomic E-state index is -4.45. The fraction of sp³-hybridized carbons (Fsp3) is 0.542. The van der Waals surface area contributed by atoms with Gasteiger partial charge in [0.05, 0.1) is 28.6 Å². The summed E-state index contributed by atoms with van der Waals surface area (Å²) in [5, 5.41) is 9.72. The van der Waals surface area contributed by atoms with Crippen molar-refractivity contribution in [3.05, 3.63) is 46.8 Å². The highest BCUT2D eigenvalue weighted by molar-refractivity contribution is 5.96. The quantitative estimate of drug-likeness (QED) is 0.751. The minimum Gasteiger partial charge on any atom is -0.393 e. The van der Waals surface area contributed by atoms with Gasteiger partial charge in [-0.3, -0.25) is 4.79 Å². The van der Waals surface area contributed by atoms with E-state index in [4.69, 9.17) is 0 Å². The van der Waals surface area contributed by atoms with Gasteiger partial charge in [0.25, 0.3) is 5.91 Å². The lowest BCUT2D eigenvalue weighted by Gasteiger charge is -2.41. The molecule has 0 bridgehead atoms. The number of alkyl halides is 3. The van der Waals surface area contributed by atoms with Crippen molar-refractivity contribution in [3.63, 3.8) is 0 Å². The summed E-state index contributed by atoms with van der Waals surface area (Å²) < 4.78 is 39.2. The molecule has 0 aliphatic carbocycles. The average Bonchev–Trinajstić information content (AvgIpc) is 2.78. The maximum atomic E-state index is 13.3. The van der Waals surface area contributed by atoms with Crippen LogP contribution >= 0.6 is 0 Å². The van der Waals surface area contributed by atoms with E-state index in [1.165, 1.54) is 12.1 Å². The van der Waals surface area contributed by atoms with E-state index in [0.717, 1.165) is 50.9 Å². The van der Waals surface area contributed by atoms with E-state index in [2.05, 4.69) is 14.9 Å². The lowest BCUT2D eigenvalue weighted by molar-refractivity contribution is -0.137. The van der Waals surface area contributed by atoms with Crippen molar-refractivity contribution >= 4 is 5.91 Å². The number of amides is 1. The number of benzene rings is 1. The molecule has 4 rings (SSSR count). The standard InChI is InChI=1S/C24H29F3N4O2/c1-15-21(16(2)29-22(28-15)17-4-3-5-18(14-17)24(25,26)27)23(33)31-10-6-19(7-11-31)30-12-8-20(32)9-13-30/h3-5,14,19-20,32H,6-13H2,1-2H3. The molecule has 9 heteroatoms. The summed E-state index contributed by atoms with van der Waals surface area (Å²) in [6.07, 6.45) is -1.30. The van der Waals surface area contributed by atoms with Crippen LogP contribution in [0.5, 0.6) is 0 Å². The Bertz CT molecular complexity index is 988. The third-order valence-electron chi connectivity index (χ3n) is 6.70. The lowest BCUT2D eigenvalue weighted by atomic mass is 9.98. The Balaban J connectivity index is 1.47. The number of halogens is 3. The van der Waals surface area contributed by atoms with Gasteiger partial charge in [-0.2, -0.15) is 13.2 Å². The van der Waals surface area contributed by atoms with Gasteiger partial charge >= 0.3 is 6.18 Å². The summed E-state index contributed by atoms with van der Waals surface area (Å²) in [6, 6.07) is 5.33. The molecule has 33 heavy (non-hydrogen) atoms. The summed E-state index contributed by atoms with van der Waals surface area (Å²) in [7, 11) is 0. The van der Waals surface area contributed by atoms with Gasteiger partial charge in [0.15, 0.2) is 5.82 Å². The van der Waals surface area contributed by atoms with Gasteiger partial charge in [-0.05, 0) is 51.7 Å². The molecule has 0 unspecified atom stereocenters. The predicted octanol–water partition coefficient (Wildman–Crippen LogP) is 3.84. The molecule has 1 N–H and O–H groups in total. The topological polar surface area (TPSA) is 69.6 Å². The smallest absolute Gasteiger partial charge is 0.393 e. The zero-order valence-corrected chi connectivity index (χ0v) is 18.9. The first kappa shape index (κ1) is 23.6. The highest BCUT2D eigenvalue weighted by atomic mass is 19.4. The highest BCUT2D eigenvalue weighted by Gasteiger charge is 2.32. The normalized spacial score (nSPS) is 19.2. The predicted molar refractivity (Wildman–Crippen MR) is 118 cm³/mol. The number of carbonyl (C=O) groups excluding carboxylic acids is 1. The van der Waals surface area contributed by atoms with E-state index >= 15 is 0 Å². The Morgan fingerprint density at radius 3 is 2.18 bits per heavy atom. The number of hydrogen-bond donors (Lipinski definition) is 1. The van der Waals surface area contributed by atoms with Crippen molar-refractivity contribution in [1.29, 1.82) is 0 Å². The van der Waals surface area contributed by atoms with Gasteiger partial charge in [-0.1, -0.05) is 12.1 Å². The molecule has 2 saturated heterocycles. The van der Waals surface area contributed by atoms with Crippen molar-refractivity contribution in [2.24, 2.45) is 0 Å². The molecule has 0 radical (unpaired) electrons. The summed E-state index contributed by atoms with van der Waals surface area (Å²) in [5.41, 5.74) is 0.858. The fourth-order valence-electron chi connectivity index (χ4n) is 4.83. The Labute approximate surface area is 191 Å². The molecule has 2 aliphatic rings. The summed E-state index contributed by atoms with van der Waals surface area (Å²) in [6.45, 7) is 6.45. The van der Waals surface area contributed by atoms with Crippen molar-refractivity contribution in [2.45, 2.75) is 57.9 Å². The number of aromatic nitrogens is 2. The van der Waals surface area contributed by atoms with Crippen LogP contribution in [0.15, 0.2) is 24.3 Å². The van der Waals surface area contributed by atoms with E-state index in [-0.39, 0.29) is 23.4 Å². The molecular weight excluding hydrogens is 433 g/mol. The molecule has 1 aromatic carbocycles. The number of nitrogens with zero attached hydrogens (tertiary/aromatic N) is 4. The number of rotatable bonds is 3. The Morgan fingerprint density at radius 2 is 1.61 bits per heavy atom. The molecule has 1 aromatic heterocycles. The van der Waals surface area contributed by atoms with Crippen LogP contribution in [0.4, 0.5) is 13.2 Å². The Kier molecular flexibility index (Phi) is 6.72. The number of carbonyl (C=O) groups is 1. The number of aliphatic hydroxyl groups excluding tert-OH is 1. The number of aryl methyl sites for hydroxylation is 2. The number of aliphatic hydroxyl groups is 1. The fourth-order valence-corrected chi connectivity index (χ4v) is 4.83. The first-order chi connectivity index (χ1) is 15.6. The molecule has 0 atom stereocenters. The third-order valence-corrected chi connectivity index (χ3v) is 6.70. The molecule has 0 saturated carbocycles. The monoisotopic (exact) mass is 462 g/mol. The van der Waals surface area contributed by atoms with Crippen molar-refractivity contribution < 1.29 is 23.1 Å². The maximum absolute atomic E-state index is 13.3. The molecule has 178 valence electrons. The second kappa shape index (κ2) is 9.38. The van der Waals surface area contributed by atoms with Crippen molar-refractivity contribution in [3.8, 4) is 11.4 Å². The van der Waals surface area contributed by atoms with Crippen molar-refractivity contribution in [2.75, 3.05) is 26.2 Å². The van der Waals surface area contributed by atoms with Crippen LogP contribution in [0.2, 0.25) is 0 Å². The van der Waals surface area contributed by atoms with Gasteiger partial charge in [-0.15, -0.1) is 0 Å². The van der Waals surface area contributed by atoms with E-state index in [1.807, 2.05) is 4.90 Å². The minimum absolute atomic E-state index is 0.131. The molecule has 2 aliphatic heterocycles. The molecule has 3 heterocycles. The molecule has 0 spiro atoms. The zero-order valence-electron chi connectivity index (χ0n) is 18.9. The van der Waals surface area contributed by atoms with Crippen LogP contribution in [0.3, 0.4) is 0 Å². The first-order valence-corrected chi connectivity index (χ1v) is 11.4. The molecule has 2 fully saturated rings. The van der Waals surface area contributed by atoms with E-state index in [0.29, 0.717) is 36.1 Å². The van der Waals surface area contributed by atoms with E-state index < -0.39 is 11.7 Å². The average molecular weight is 463 g/mol. The molecule has 6 nitrogen and oxygen atoms in total. The number of piperidine rings is 2. The number of likely N-dealkylation sites (tertiary alicyclic amines) is 2. The Morgan fingerprint density at radius 1 is 1.00 bits per heavy atom. The van der Waals surface area contributed by atoms with Gasteiger partial charge in [0.1, 0.15) is 0 Å². The third kappa shape index (κ3) is 5.19. The SMILES string of the molecule is Cc1nc(-c2cccc(C(F)(F)F)c2)nc(C)c1C(=O)N1CCC(N2CCC(O)CC2)CC1. The largest absolute Gasteiger partial charge is 0.416 e. The maximum Gasteiger partial charge on any atom is 0.416 e. The van der Waals surface area contributed by atoms with Crippen LogP contribution in [0.25, 0.3) is 11.4 Å². The van der Waals surface area contributed by atoms with Gasteiger partial charge in [0, 0.05) is 37.8 Å². The Hall–Kier alpha value is -2.52. The van der Waals surface area contributed by atoms with Crippen LogP contribution in [-0.2, 0) is 6.18 Å². The first-order valence-electron chi connectivity index (χ1n) is 11.4. The molecule has 2 aromatic rings. The van der Waals surface area contributed by atoms with E-state index in [1.54, 1.807) is 13.8 Å². The summed E-state index contributed by atoms with van der Waals surface area (Å²) >= 11 is 0. The van der Waals surface area contributed by atoms with Gasteiger partial charge in [-0.25, -0.2) is 9.97 Å². The zero-order chi connectivity index (χ0) is 23.8. The lowest BCUT2D eigenvalue weighted by Crippen LogP contribution is -2.49. The second-order valence-corrected chi connectivity index (χ2v) is 8.96.